The van der Waals surface area contributed by atoms with Crippen LogP contribution in [0.2, 0.25) is 0 Å². The Morgan fingerprint density at radius 1 is 1.17 bits per heavy atom. The molecule has 1 unspecified atom stereocenters. The summed E-state index contributed by atoms with van der Waals surface area (Å²) < 4.78 is 0. The molecule has 1 atom stereocenters. The van der Waals surface area contributed by atoms with Gasteiger partial charge in [0.1, 0.15) is 0 Å². The van der Waals surface area contributed by atoms with Gasteiger partial charge in [0, 0.05) is 63.7 Å². The number of guanidine groups is 1. The van der Waals surface area contributed by atoms with Crippen LogP contribution in [0.4, 0.5) is 0 Å². The minimum Gasteiger partial charge on any atom is -0.357 e. The number of benzene rings is 1. The van der Waals surface area contributed by atoms with E-state index in [-0.39, 0.29) is 5.91 Å². The molecule has 6 heteroatoms. The van der Waals surface area contributed by atoms with Crippen molar-refractivity contribution in [1.29, 1.82) is 0 Å². The first-order valence-corrected chi connectivity index (χ1v) is 11.5. The Labute approximate surface area is 183 Å². The van der Waals surface area contributed by atoms with Gasteiger partial charge in [-0.05, 0) is 46.6 Å². The molecule has 0 aliphatic carbocycles. The Balaban J connectivity index is 1.80. The first kappa shape index (κ1) is 24.2. The van der Waals surface area contributed by atoms with Crippen LogP contribution in [0.1, 0.15) is 46.6 Å². The fourth-order valence-corrected chi connectivity index (χ4v) is 4.08. The number of nitrogens with zero attached hydrogens (tertiary/aromatic N) is 3. The number of carbonyl (C=O) groups is 1. The molecular weight excluding hydrogens is 374 g/mol. The maximum atomic E-state index is 12.4. The zero-order valence-electron chi connectivity index (χ0n) is 19.5. The average molecular weight is 416 g/mol. The molecule has 1 saturated heterocycles. The van der Waals surface area contributed by atoms with Gasteiger partial charge in [0.15, 0.2) is 5.96 Å². The van der Waals surface area contributed by atoms with Gasteiger partial charge in [-0.25, -0.2) is 0 Å². The van der Waals surface area contributed by atoms with Crippen molar-refractivity contribution in [3.8, 4) is 0 Å². The molecule has 6 nitrogen and oxygen atoms in total. The van der Waals surface area contributed by atoms with Crippen molar-refractivity contribution in [2.45, 2.75) is 59.5 Å². The Kier molecular flexibility index (Phi) is 10.1. The van der Waals surface area contributed by atoms with Crippen molar-refractivity contribution in [2.24, 2.45) is 10.9 Å². The van der Waals surface area contributed by atoms with Gasteiger partial charge in [-0.15, -0.1) is 0 Å². The maximum absolute atomic E-state index is 12.4. The minimum atomic E-state index is 0.258. The molecule has 1 heterocycles. The second kappa shape index (κ2) is 12.6. The van der Waals surface area contributed by atoms with Crippen LogP contribution in [0.3, 0.4) is 0 Å². The standard InChI is InChI=1S/C24H41N5O/c1-6-25-24(26-13-15-29(19(2)3)20(4)5)27-17-22-16-23(30)28(18-22)14-12-21-10-8-7-9-11-21/h7-11,19-20,22H,6,12-18H2,1-5H3,(H2,25,26,27). The molecule has 0 aromatic heterocycles. The Morgan fingerprint density at radius 2 is 1.87 bits per heavy atom. The highest BCUT2D eigenvalue weighted by atomic mass is 16.2. The number of hydrogen-bond donors (Lipinski definition) is 2. The van der Waals surface area contributed by atoms with E-state index in [1.54, 1.807) is 0 Å². The molecule has 1 aliphatic rings. The zero-order valence-corrected chi connectivity index (χ0v) is 19.5. The van der Waals surface area contributed by atoms with Crippen LogP contribution in [0, 0.1) is 5.92 Å². The lowest BCUT2D eigenvalue weighted by Crippen LogP contribution is -2.45. The zero-order chi connectivity index (χ0) is 21.9. The number of likely N-dealkylation sites (tertiary alicyclic amines) is 1. The SMILES string of the molecule is CCNC(=NCC1CC(=O)N(CCc2ccccc2)C1)NCCN(C(C)C)C(C)C. The number of nitrogens with one attached hydrogen (secondary N) is 2. The van der Waals surface area contributed by atoms with Crippen molar-refractivity contribution in [1.82, 2.24) is 20.4 Å². The van der Waals surface area contributed by atoms with E-state index in [4.69, 9.17) is 4.99 Å². The first-order chi connectivity index (χ1) is 14.4. The number of amides is 1. The topological polar surface area (TPSA) is 60.0 Å². The molecule has 2 N–H and O–H groups in total. The van der Waals surface area contributed by atoms with E-state index in [1.807, 2.05) is 11.0 Å². The van der Waals surface area contributed by atoms with Crippen molar-refractivity contribution in [3.63, 3.8) is 0 Å². The van der Waals surface area contributed by atoms with Crippen molar-refractivity contribution in [3.05, 3.63) is 35.9 Å². The number of aliphatic imine (C=N–C) groups is 1. The summed E-state index contributed by atoms with van der Waals surface area (Å²) in [4.78, 5) is 21.6. The largest absolute Gasteiger partial charge is 0.357 e. The van der Waals surface area contributed by atoms with Crippen LogP contribution < -0.4 is 10.6 Å². The van der Waals surface area contributed by atoms with Crippen LogP contribution in [-0.2, 0) is 11.2 Å². The third-order valence-electron chi connectivity index (χ3n) is 5.65. The van der Waals surface area contributed by atoms with E-state index in [1.165, 1.54) is 5.56 Å². The van der Waals surface area contributed by atoms with E-state index < -0.39 is 0 Å². The summed E-state index contributed by atoms with van der Waals surface area (Å²) in [5.74, 6) is 1.40. The number of carbonyl (C=O) groups excluding carboxylic acids is 1. The summed E-state index contributed by atoms with van der Waals surface area (Å²) >= 11 is 0. The van der Waals surface area contributed by atoms with E-state index in [9.17, 15) is 4.79 Å². The summed E-state index contributed by atoms with van der Waals surface area (Å²) in [6.07, 6.45) is 1.52. The van der Waals surface area contributed by atoms with Gasteiger partial charge in [0.25, 0.3) is 0 Å². The van der Waals surface area contributed by atoms with E-state index in [0.717, 1.165) is 45.1 Å². The molecular formula is C24H41N5O. The molecule has 1 aliphatic heterocycles. The van der Waals surface area contributed by atoms with Gasteiger partial charge >= 0.3 is 0 Å². The van der Waals surface area contributed by atoms with Gasteiger partial charge in [-0.2, -0.15) is 0 Å². The van der Waals surface area contributed by atoms with Crippen LogP contribution >= 0.6 is 0 Å². The quantitative estimate of drug-likeness (QED) is 0.431. The normalized spacial score (nSPS) is 17.5. The second-order valence-corrected chi connectivity index (χ2v) is 8.72. The lowest BCUT2D eigenvalue weighted by molar-refractivity contribution is -0.127. The van der Waals surface area contributed by atoms with Crippen LogP contribution in [0.15, 0.2) is 35.3 Å². The molecule has 1 amide bonds. The lowest BCUT2D eigenvalue weighted by Gasteiger charge is -2.30. The monoisotopic (exact) mass is 415 g/mol. The summed E-state index contributed by atoms with van der Waals surface area (Å²) in [5.41, 5.74) is 1.28. The van der Waals surface area contributed by atoms with Gasteiger partial charge < -0.3 is 15.5 Å². The van der Waals surface area contributed by atoms with Gasteiger partial charge in [-0.3, -0.25) is 14.7 Å². The highest BCUT2D eigenvalue weighted by molar-refractivity contribution is 5.80. The number of rotatable bonds is 11. The van der Waals surface area contributed by atoms with Crippen LogP contribution in [0.25, 0.3) is 0 Å². The van der Waals surface area contributed by atoms with E-state index in [2.05, 4.69) is 74.4 Å². The molecule has 0 spiro atoms. The molecule has 30 heavy (non-hydrogen) atoms. The maximum Gasteiger partial charge on any atom is 0.223 e. The first-order valence-electron chi connectivity index (χ1n) is 11.5. The summed E-state index contributed by atoms with van der Waals surface area (Å²) in [7, 11) is 0. The fourth-order valence-electron chi connectivity index (χ4n) is 4.08. The van der Waals surface area contributed by atoms with Gasteiger partial charge in [-0.1, -0.05) is 30.3 Å². The molecule has 0 bridgehead atoms. The average Bonchev–Trinajstić information content (AvgIpc) is 3.07. The molecule has 168 valence electrons. The molecule has 0 radical (unpaired) electrons. The summed E-state index contributed by atoms with van der Waals surface area (Å²) in [6.45, 7) is 16.0. The molecule has 1 fully saturated rings. The predicted octanol–water partition coefficient (Wildman–Crippen LogP) is 2.75. The molecule has 0 saturated carbocycles. The second-order valence-electron chi connectivity index (χ2n) is 8.72. The smallest absolute Gasteiger partial charge is 0.223 e. The van der Waals surface area contributed by atoms with E-state index >= 15 is 0 Å². The van der Waals surface area contributed by atoms with Crippen molar-refractivity contribution < 1.29 is 4.79 Å². The Morgan fingerprint density at radius 3 is 2.50 bits per heavy atom. The number of hydrogen-bond acceptors (Lipinski definition) is 3. The lowest BCUT2D eigenvalue weighted by atomic mass is 10.1. The van der Waals surface area contributed by atoms with Gasteiger partial charge in [0.05, 0.1) is 0 Å². The van der Waals surface area contributed by atoms with Crippen molar-refractivity contribution in [2.75, 3.05) is 39.3 Å². The third-order valence-corrected chi connectivity index (χ3v) is 5.65. The Bertz CT molecular complexity index is 651. The van der Waals surface area contributed by atoms with Crippen molar-refractivity contribution >= 4 is 11.9 Å². The third kappa shape index (κ3) is 7.98. The molecule has 1 aromatic carbocycles. The van der Waals surface area contributed by atoms with Crippen LogP contribution in [-0.4, -0.2) is 73.0 Å². The van der Waals surface area contributed by atoms with Gasteiger partial charge in [0.2, 0.25) is 5.91 Å². The van der Waals surface area contributed by atoms with Crippen LogP contribution in [0.5, 0.6) is 0 Å². The highest BCUT2D eigenvalue weighted by Crippen LogP contribution is 2.18. The Hall–Kier alpha value is -2.08. The minimum absolute atomic E-state index is 0.258. The summed E-state index contributed by atoms with van der Waals surface area (Å²) in [6, 6.07) is 11.4. The predicted molar refractivity (Wildman–Crippen MR) is 126 cm³/mol. The highest BCUT2D eigenvalue weighted by Gasteiger charge is 2.29. The fraction of sp³-hybridized carbons (Fsp3) is 0.667. The van der Waals surface area contributed by atoms with E-state index in [0.29, 0.717) is 31.0 Å². The molecule has 2 rings (SSSR count). The summed E-state index contributed by atoms with van der Waals surface area (Å²) in [5, 5.41) is 6.78. The molecule has 1 aromatic rings.